The number of piperidine rings is 1. The molecular formula is C18H30N6O2. The Morgan fingerprint density at radius 2 is 1.54 bits per heavy atom. The van der Waals surface area contributed by atoms with Gasteiger partial charge >= 0.3 is 5.69 Å². The van der Waals surface area contributed by atoms with E-state index in [0.29, 0.717) is 12.6 Å². The SMILES string of the molecule is CN(C(=O)CN1CCC(n2nnn(C3CC3)c2=O)CC1)C1CCCCC1. The standard InChI is InChI=1S/C18H30N6O2/c1-21(14-5-3-2-4-6-14)17(25)13-22-11-9-16(10-12-22)24-18(26)23(19-20-24)15-7-8-15/h14-16H,2-13H2,1H3. The second-order valence-electron chi connectivity index (χ2n) is 8.19. The Hall–Kier alpha value is -1.70. The van der Waals surface area contributed by atoms with Crippen LogP contribution >= 0.6 is 0 Å². The maximum Gasteiger partial charge on any atom is 0.364 e. The third kappa shape index (κ3) is 3.70. The van der Waals surface area contributed by atoms with Crippen LogP contribution in [0.4, 0.5) is 0 Å². The largest absolute Gasteiger partial charge is 0.364 e. The molecule has 0 radical (unpaired) electrons. The van der Waals surface area contributed by atoms with Crippen LogP contribution in [0.2, 0.25) is 0 Å². The molecule has 2 saturated carbocycles. The summed E-state index contributed by atoms with van der Waals surface area (Å²) >= 11 is 0. The van der Waals surface area contributed by atoms with Gasteiger partial charge in [0.1, 0.15) is 0 Å². The number of amides is 1. The Labute approximate surface area is 154 Å². The van der Waals surface area contributed by atoms with Gasteiger partial charge in [-0.3, -0.25) is 9.69 Å². The number of likely N-dealkylation sites (N-methyl/N-ethyl adjacent to an activating group) is 1. The van der Waals surface area contributed by atoms with E-state index in [-0.39, 0.29) is 23.7 Å². The second-order valence-corrected chi connectivity index (χ2v) is 8.19. The van der Waals surface area contributed by atoms with Crippen LogP contribution in [0.15, 0.2) is 4.79 Å². The van der Waals surface area contributed by atoms with E-state index in [2.05, 4.69) is 15.3 Å². The van der Waals surface area contributed by atoms with Gasteiger partial charge in [-0.2, -0.15) is 9.36 Å². The number of tetrazole rings is 1. The van der Waals surface area contributed by atoms with Gasteiger partial charge in [0.05, 0.1) is 18.6 Å². The van der Waals surface area contributed by atoms with Crippen LogP contribution in [-0.2, 0) is 4.79 Å². The van der Waals surface area contributed by atoms with Gasteiger partial charge in [-0.15, -0.1) is 0 Å². The molecule has 3 aliphatic rings. The van der Waals surface area contributed by atoms with Crippen molar-refractivity contribution in [2.45, 2.75) is 75.9 Å². The van der Waals surface area contributed by atoms with Crippen molar-refractivity contribution in [1.29, 1.82) is 0 Å². The van der Waals surface area contributed by atoms with Crippen molar-refractivity contribution in [3.63, 3.8) is 0 Å². The molecule has 2 aliphatic carbocycles. The van der Waals surface area contributed by atoms with Crippen molar-refractivity contribution in [3.8, 4) is 0 Å². The highest BCUT2D eigenvalue weighted by Crippen LogP contribution is 2.32. The lowest BCUT2D eigenvalue weighted by molar-refractivity contribution is -0.134. The maximum absolute atomic E-state index is 12.6. The maximum atomic E-state index is 12.6. The summed E-state index contributed by atoms with van der Waals surface area (Å²) in [6, 6.07) is 0.798. The van der Waals surface area contributed by atoms with E-state index < -0.39 is 0 Å². The minimum Gasteiger partial charge on any atom is -0.342 e. The first-order chi connectivity index (χ1) is 12.6. The number of hydrogen-bond donors (Lipinski definition) is 0. The lowest BCUT2D eigenvalue weighted by Crippen LogP contribution is -2.46. The summed E-state index contributed by atoms with van der Waals surface area (Å²) in [4.78, 5) is 29.2. The monoisotopic (exact) mass is 362 g/mol. The zero-order chi connectivity index (χ0) is 18.1. The van der Waals surface area contributed by atoms with Gasteiger partial charge < -0.3 is 4.90 Å². The van der Waals surface area contributed by atoms with Crippen molar-refractivity contribution in [2.75, 3.05) is 26.7 Å². The molecule has 8 nitrogen and oxygen atoms in total. The number of carbonyl (C=O) groups is 1. The fourth-order valence-electron chi connectivity index (χ4n) is 4.34. The first kappa shape index (κ1) is 17.7. The molecular weight excluding hydrogens is 332 g/mol. The molecule has 0 atom stereocenters. The number of carbonyl (C=O) groups excluding carboxylic acids is 1. The van der Waals surface area contributed by atoms with Gasteiger partial charge in [0.2, 0.25) is 5.91 Å². The number of rotatable bonds is 5. The molecule has 1 aromatic heterocycles. The van der Waals surface area contributed by atoms with Crippen molar-refractivity contribution >= 4 is 5.91 Å². The smallest absolute Gasteiger partial charge is 0.342 e. The van der Waals surface area contributed by atoms with E-state index >= 15 is 0 Å². The van der Waals surface area contributed by atoms with Crippen LogP contribution in [0, 0.1) is 0 Å². The lowest BCUT2D eigenvalue weighted by atomic mass is 9.94. The van der Waals surface area contributed by atoms with Crippen LogP contribution in [0.25, 0.3) is 0 Å². The molecule has 3 fully saturated rings. The molecule has 8 heteroatoms. The van der Waals surface area contributed by atoms with E-state index in [1.807, 2.05) is 11.9 Å². The molecule has 26 heavy (non-hydrogen) atoms. The molecule has 0 N–H and O–H groups in total. The van der Waals surface area contributed by atoms with Gasteiger partial charge in [0.25, 0.3) is 0 Å². The van der Waals surface area contributed by atoms with Crippen molar-refractivity contribution in [1.82, 2.24) is 29.6 Å². The molecule has 4 rings (SSSR count). The van der Waals surface area contributed by atoms with Gasteiger partial charge in [-0.1, -0.05) is 19.3 Å². The Morgan fingerprint density at radius 3 is 2.12 bits per heavy atom. The summed E-state index contributed by atoms with van der Waals surface area (Å²) in [5.41, 5.74) is -0.0703. The summed E-state index contributed by atoms with van der Waals surface area (Å²) in [7, 11) is 1.96. The summed E-state index contributed by atoms with van der Waals surface area (Å²) in [6.45, 7) is 2.15. The second kappa shape index (κ2) is 7.50. The average Bonchev–Trinajstić information content (AvgIpc) is 3.45. The first-order valence-corrected chi connectivity index (χ1v) is 10.2. The molecule has 144 valence electrons. The number of aromatic nitrogens is 4. The van der Waals surface area contributed by atoms with Crippen molar-refractivity contribution in [3.05, 3.63) is 10.5 Å². The van der Waals surface area contributed by atoms with Crippen LogP contribution in [-0.4, -0.2) is 68.2 Å². The molecule has 1 aromatic rings. The quantitative estimate of drug-likeness (QED) is 0.787. The van der Waals surface area contributed by atoms with Crippen LogP contribution < -0.4 is 5.69 Å². The predicted octanol–water partition coefficient (Wildman–Crippen LogP) is 1.20. The van der Waals surface area contributed by atoms with Crippen LogP contribution in [0.3, 0.4) is 0 Å². The van der Waals surface area contributed by atoms with Crippen LogP contribution in [0.1, 0.15) is 69.9 Å². The van der Waals surface area contributed by atoms with E-state index in [1.54, 1.807) is 4.68 Å². The third-order valence-corrected chi connectivity index (χ3v) is 6.30. The predicted molar refractivity (Wildman–Crippen MR) is 96.9 cm³/mol. The summed E-state index contributed by atoms with van der Waals surface area (Å²) in [5, 5.41) is 8.14. The summed E-state index contributed by atoms with van der Waals surface area (Å²) in [6.07, 6.45) is 9.84. The zero-order valence-corrected chi connectivity index (χ0v) is 15.7. The highest BCUT2D eigenvalue weighted by atomic mass is 16.2. The van der Waals surface area contributed by atoms with E-state index in [9.17, 15) is 9.59 Å². The number of likely N-dealkylation sites (tertiary alicyclic amines) is 1. The molecule has 0 unspecified atom stereocenters. The van der Waals surface area contributed by atoms with Gasteiger partial charge in [-0.05, 0) is 49.0 Å². The fourth-order valence-corrected chi connectivity index (χ4v) is 4.34. The minimum atomic E-state index is -0.0703. The first-order valence-electron chi connectivity index (χ1n) is 10.2. The number of hydrogen-bond acceptors (Lipinski definition) is 5. The van der Waals surface area contributed by atoms with Gasteiger partial charge in [0.15, 0.2) is 0 Å². The fraction of sp³-hybridized carbons (Fsp3) is 0.889. The van der Waals surface area contributed by atoms with E-state index in [1.165, 1.54) is 23.9 Å². The highest BCUT2D eigenvalue weighted by molar-refractivity contribution is 5.78. The molecule has 0 spiro atoms. The summed E-state index contributed by atoms with van der Waals surface area (Å²) < 4.78 is 3.10. The summed E-state index contributed by atoms with van der Waals surface area (Å²) in [5.74, 6) is 0.229. The molecule has 1 aliphatic heterocycles. The molecule has 1 saturated heterocycles. The normalized spacial score (nSPS) is 23.3. The van der Waals surface area contributed by atoms with E-state index in [0.717, 1.165) is 51.6 Å². The van der Waals surface area contributed by atoms with Gasteiger partial charge in [0, 0.05) is 26.2 Å². The number of nitrogens with zero attached hydrogens (tertiary/aromatic N) is 6. The molecule has 1 amide bonds. The Kier molecular flexibility index (Phi) is 5.11. The Bertz CT molecular complexity index is 680. The topological polar surface area (TPSA) is 76.3 Å². The third-order valence-electron chi connectivity index (χ3n) is 6.30. The zero-order valence-electron chi connectivity index (χ0n) is 15.7. The highest BCUT2D eigenvalue weighted by Gasteiger charge is 2.31. The molecule has 0 bridgehead atoms. The Morgan fingerprint density at radius 1 is 0.962 bits per heavy atom. The average molecular weight is 362 g/mol. The van der Waals surface area contributed by atoms with Crippen molar-refractivity contribution in [2.24, 2.45) is 0 Å². The lowest BCUT2D eigenvalue weighted by Gasteiger charge is -2.35. The molecule has 2 heterocycles. The van der Waals surface area contributed by atoms with Crippen molar-refractivity contribution < 1.29 is 4.79 Å². The minimum absolute atomic E-state index is 0.0703. The molecule has 0 aromatic carbocycles. The Balaban J connectivity index is 1.28. The van der Waals surface area contributed by atoms with E-state index in [4.69, 9.17) is 0 Å². The van der Waals surface area contributed by atoms with Crippen LogP contribution in [0.5, 0.6) is 0 Å². The van der Waals surface area contributed by atoms with Gasteiger partial charge in [-0.25, -0.2) is 4.79 Å².